The molecule has 0 aliphatic heterocycles. The monoisotopic (exact) mass is 516 g/mol. The molecular weight excluding hydrogens is 492 g/mol. The molecule has 0 aromatic heterocycles. The van der Waals surface area contributed by atoms with E-state index in [2.05, 4.69) is 21.2 Å². The van der Waals surface area contributed by atoms with Crippen molar-refractivity contribution in [3.63, 3.8) is 0 Å². The molecule has 0 spiro atoms. The number of anilines is 1. The van der Waals surface area contributed by atoms with Crippen molar-refractivity contribution < 1.29 is 17.9 Å². The first-order valence-corrected chi connectivity index (χ1v) is 12.2. The largest absolute Gasteiger partial charge is 0.484 e. The molecule has 3 aromatic carbocycles. The zero-order chi connectivity index (χ0) is 23.3. The Morgan fingerprint density at radius 2 is 1.72 bits per heavy atom. The second kappa shape index (κ2) is 10.2. The number of amides is 1. The van der Waals surface area contributed by atoms with Gasteiger partial charge in [-0.15, -0.1) is 0 Å². The summed E-state index contributed by atoms with van der Waals surface area (Å²) in [6.07, 6.45) is 0. The van der Waals surface area contributed by atoms with E-state index in [0.717, 1.165) is 15.6 Å². The lowest BCUT2D eigenvalue weighted by Gasteiger charge is -2.20. The van der Waals surface area contributed by atoms with Crippen LogP contribution in [0, 0.1) is 6.92 Å². The molecule has 3 aromatic rings. The van der Waals surface area contributed by atoms with E-state index in [0.29, 0.717) is 11.4 Å². The highest BCUT2D eigenvalue weighted by Crippen LogP contribution is 2.24. The average Bonchev–Trinajstić information content (AvgIpc) is 2.78. The van der Waals surface area contributed by atoms with Gasteiger partial charge in [0.2, 0.25) is 0 Å². The molecular formula is C24H25BrN2O4S. The van der Waals surface area contributed by atoms with Gasteiger partial charge < -0.3 is 10.1 Å². The van der Waals surface area contributed by atoms with Gasteiger partial charge in [0, 0.05) is 11.5 Å². The van der Waals surface area contributed by atoms with Crippen molar-refractivity contribution in [3.05, 3.63) is 88.4 Å². The van der Waals surface area contributed by atoms with Crippen LogP contribution in [0.1, 0.15) is 24.1 Å². The molecule has 8 heteroatoms. The second-order valence-corrected chi connectivity index (χ2v) is 10.3. The summed E-state index contributed by atoms with van der Waals surface area (Å²) >= 11 is 3.42. The number of aryl methyl sites for hydroxylation is 1. The van der Waals surface area contributed by atoms with E-state index in [1.54, 1.807) is 48.5 Å². The number of rotatable bonds is 8. The molecule has 0 radical (unpaired) electrons. The summed E-state index contributed by atoms with van der Waals surface area (Å²) in [5, 5.41) is 2.89. The molecule has 0 bridgehead atoms. The van der Waals surface area contributed by atoms with Crippen molar-refractivity contribution in [1.29, 1.82) is 0 Å². The summed E-state index contributed by atoms with van der Waals surface area (Å²) in [6, 6.07) is 20.8. The minimum Gasteiger partial charge on any atom is -0.484 e. The van der Waals surface area contributed by atoms with E-state index in [4.69, 9.17) is 4.74 Å². The fourth-order valence-corrected chi connectivity index (χ4v) is 4.66. The van der Waals surface area contributed by atoms with Crippen LogP contribution in [-0.4, -0.2) is 28.0 Å². The van der Waals surface area contributed by atoms with Gasteiger partial charge in [-0.2, -0.15) is 0 Å². The number of carbonyl (C=O) groups excluding carboxylic acids is 1. The van der Waals surface area contributed by atoms with Gasteiger partial charge >= 0.3 is 0 Å². The summed E-state index contributed by atoms with van der Waals surface area (Å²) in [4.78, 5) is 12.5. The van der Waals surface area contributed by atoms with Crippen LogP contribution in [0.15, 0.2) is 82.2 Å². The summed E-state index contributed by atoms with van der Waals surface area (Å²) in [6.45, 7) is 3.66. The number of ether oxygens (including phenoxy) is 1. The zero-order valence-corrected chi connectivity index (χ0v) is 20.5. The third kappa shape index (κ3) is 5.89. The maximum atomic E-state index is 12.8. The topological polar surface area (TPSA) is 75.7 Å². The minimum absolute atomic E-state index is 0.144. The molecule has 0 heterocycles. The first-order chi connectivity index (χ1) is 15.2. The van der Waals surface area contributed by atoms with Gasteiger partial charge in [-0.25, -0.2) is 8.42 Å². The van der Waals surface area contributed by atoms with Crippen molar-refractivity contribution in [1.82, 2.24) is 5.32 Å². The van der Waals surface area contributed by atoms with E-state index in [1.807, 2.05) is 38.1 Å². The van der Waals surface area contributed by atoms with E-state index >= 15 is 0 Å². The van der Waals surface area contributed by atoms with Crippen molar-refractivity contribution in [2.45, 2.75) is 24.8 Å². The summed E-state index contributed by atoms with van der Waals surface area (Å²) in [5.41, 5.74) is 2.46. The first-order valence-electron chi connectivity index (χ1n) is 10.00. The molecule has 0 aliphatic rings. The van der Waals surface area contributed by atoms with Gasteiger partial charge in [0.05, 0.1) is 16.6 Å². The lowest BCUT2D eigenvalue weighted by molar-refractivity contribution is -0.123. The Morgan fingerprint density at radius 3 is 2.34 bits per heavy atom. The molecule has 6 nitrogen and oxygen atoms in total. The van der Waals surface area contributed by atoms with Crippen molar-refractivity contribution in [2.24, 2.45) is 0 Å². The van der Waals surface area contributed by atoms with E-state index < -0.39 is 10.0 Å². The van der Waals surface area contributed by atoms with Crippen LogP contribution in [0.3, 0.4) is 0 Å². The summed E-state index contributed by atoms with van der Waals surface area (Å²) in [5.74, 6) is 0.223. The minimum atomic E-state index is -3.67. The van der Waals surface area contributed by atoms with Crippen molar-refractivity contribution >= 4 is 37.5 Å². The second-order valence-electron chi connectivity index (χ2n) is 7.41. The van der Waals surface area contributed by atoms with Crippen LogP contribution in [-0.2, 0) is 14.8 Å². The highest BCUT2D eigenvalue weighted by atomic mass is 79.9. The van der Waals surface area contributed by atoms with Crippen LogP contribution in [0.2, 0.25) is 0 Å². The van der Waals surface area contributed by atoms with Crippen LogP contribution >= 0.6 is 15.9 Å². The summed E-state index contributed by atoms with van der Waals surface area (Å²) < 4.78 is 33.4. The first kappa shape index (κ1) is 23.8. The Bertz CT molecular complexity index is 1180. The Balaban J connectivity index is 1.58. The number of sulfonamides is 1. The third-order valence-electron chi connectivity index (χ3n) is 4.98. The molecule has 0 saturated carbocycles. The highest BCUT2D eigenvalue weighted by molar-refractivity contribution is 9.10. The molecule has 168 valence electrons. The highest BCUT2D eigenvalue weighted by Gasteiger charge is 2.21. The van der Waals surface area contributed by atoms with Gasteiger partial charge in [-0.3, -0.25) is 9.10 Å². The number of hydrogen-bond donors (Lipinski definition) is 1. The Hall–Kier alpha value is -2.84. The molecule has 0 unspecified atom stereocenters. The number of carbonyl (C=O) groups is 1. The molecule has 1 atom stereocenters. The molecule has 0 saturated heterocycles. The average molecular weight is 517 g/mol. The quantitative estimate of drug-likeness (QED) is 0.464. The van der Waals surface area contributed by atoms with E-state index in [9.17, 15) is 13.2 Å². The summed E-state index contributed by atoms with van der Waals surface area (Å²) in [7, 11) is -2.16. The van der Waals surface area contributed by atoms with E-state index in [-0.39, 0.29) is 23.5 Å². The molecule has 3 rings (SSSR count). The Kier molecular flexibility index (Phi) is 7.58. The molecule has 0 aliphatic carbocycles. The van der Waals surface area contributed by atoms with Crippen molar-refractivity contribution in [2.75, 3.05) is 18.0 Å². The normalized spacial score (nSPS) is 12.1. The van der Waals surface area contributed by atoms with Gasteiger partial charge in [0.1, 0.15) is 5.75 Å². The van der Waals surface area contributed by atoms with Gasteiger partial charge in [0.15, 0.2) is 6.61 Å². The predicted molar refractivity (Wildman–Crippen MR) is 129 cm³/mol. The SMILES string of the molecule is Cc1ccc(S(=O)(=O)N(C)c2ccc(OCC(=O)N[C@@H](C)c3cccc(Br)c3)cc2)cc1. The van der Waals surface area contributed by atoms with Crippen molar-refractivity contribution in [3.8, 4) is 5.75 Å². The molecule has 32 heavy (non-hydrogen) atoms. The number of nitrogens with one attached hydrogen (secondary N) is 1. The zero-order valence-electron chi connectivity index (χ0n) is 18.1. The number of benzene rings is 3. The molecule has 1 N–H and O–H groups in total. The van der Waals surface area contributed by atoms with Gasteiger partial charge in [-0.05, 0) is 67.9 Å². The third-order valence-corrected chi connectivity index (χ3v) is 7.27. The number of hydrogen-bond acceptors (Lipinski definition) is 4. The maximum Gasteiger partial charge on any atom is 0.264 e. The molecule has 1 amide bonds. The Labute approximate surface area is 197 Å². The Morgan fingerprint density at radius 1 is 1.06 bits per heavy atom. The van der Waals surface area contributed by atoms with Gasteiger partial charge in [0.25, 0.3) is 15.9 Å². The predicted octanol–water partition coefficient (Wildman–Crippen LogP) is 4.84. The fourth-order valence-electron chi connectivity index (χ4n) is 3.05. The standard InChI is InChI=1S/C24H25BrN2O4S/c1-17-7-13-23(14-8-17)32(29,30)27(3)21-9-11-22(12-10-21)31-16-24(28)26-18(2)19-5-4-6-20(25)15-19/h4-15,18H,16H2,1-3H3,(H,26,28)/t18-/m0/s1. The van der Waals surface area contributed by atoms with Crippen LogP contribution in [0.5, 0.6) is 5.75 Å². The molecule has 0 fully saturated rings. The van der Waals surface area contributed by atoms with Crippen LogP contribution in [0.4, 0.5) is 5.69 Å². The van der Waals surface area contributed by atoms with Crippen LogP contribution in [0.25, 0.3) is 0 Å². The van der Waals surface area contributed by atoms with Crippen LogP contribution < -0.4 is 14.4 Å². The fraction of sp³-hybridized carbons (Fsp3) is 0.208. The maximum absolute atomic E-state index is 12.8. The number of halogens is 1. The number of nitrogens with zero attached hydrogens (tertiary/aromatic N) is 1. The lowest BCUT2D eigenvalue weighted by atomic mass is 10.1. The smallest absolute Gasteiger partial charge is 0.264 e. The van der Waals surface area contributed by atoms with E-state index in [1.165, 1.54) is 11.4 Å². The lowest BCUT2D eigenvalue weighted by Crippen LogP contribution is -2.31. The van der Waals surface area contributed by atoms with Gasteiger partial charge in [-0.1, -0.05) is 45.8 Å².